The van der Waals surface area contributed by atoms with Crippen molar-refractivity contribution in [1.82, 2.24) is 0 Å². The molecule has 4 nitrogen and oxygen atoms in total. The van der Waals surface area contributed by atoms with Crippen molar-refractivity contribution in [3.8, 4) is 23.0 Å². The van der Waals surface area contributed by atoms with Crippen LogP contribution < -0.4 is 9.47 Å². The zero-order valence-corrected chi connectivity index (χ0v) is 36.8. The molecule has 3 unspecified atom stereocenters. The maximum Gasteiger partial charge on any atom is 0.169 e. The van der Waals surface area contributed by atoms with Gasteiger partial charge in [0.2, 0.25) is 0 Å². The lowest BCUT2D eigenvalue weighted by Gasteiger charge is -2.34. The molecule has 0 aliphatic heterocycles. The summed E-state index contributed by atoms with van der Waals surface area (Å²) in [5.41, 5.74) is 10.4. The fraction of sp³-hybridized carbons (Fsp3) is 0.542. The van der Waals surface area contributed by atoms with Gasteiger partial charge in [0.15, 0.2) is 23.0 Å². The zero-order valence-electron chi connectivity index (χ0n) is 35.2. The third kappa shape index (κ3) is 10.5. The predicted octanol–water partition coefficient (Wildman–Crippen LogP) is 14.2. The number of aliphatic hydroxyl groups is 1. The van der Waals surface area contributed by atoms with E-state index in [1.54, 1.807) is 0 Å². The maximum atomic E-state index is 11.7. The molecule has 0 heterocycles. The number of ether oxygens (including phenoxy) is 2. The highest BCUT2D eigenvalue weighted by Crippen LogP contribution is 2.45. The van der Waals surface area contributed by atoms with Crippen LogP contribution in [0.5, 0.6) is 23.0 Å². The van der Waals surface area contributed by atoms with Crippen LogP contribution >= 0.6 is 23.5 Å². The van der Waals surface area contributed by atoms with Crippen LogP contribution in [0, 0.1) is 52.9 Å². The van der Waals surface area contributed by atoms with E-state index >= 15 is 0 Å². The van der Waals surface area contributed by atoms with E-state index in [4.69, 9.17) is 9.47 Å². The molecule has 0 saturated heterocycles. The van der Waals surface area contributed by atoms with Gasteiger partial charge in [-0.3, -0.25) is 0 Å². The molecule has 3 atom stereocenters. The second kappa shape index (κ2) is 17.5. The minimum atomic E-state index is -0.0995. The van der Waals surface area contributed by atoms with Crippen molar-refractivity contribution in [2.45, 2.75) is 150 Å². The van der Waals surface area contributed by atoms with E-state index in [9.17, 15) is 10.2 Å². The van der Waals surface area contributed by atoms with Gasteiger partial charge >= 0.3 is 0 Å². The average molecular weight is 771 g/mol. The number of phenolic OH excluding ortho intramolecular Hbond substituents is 1. The summed E-state index contributed by atoms with van der Waals surface area (Å²) in [6, 6.07) is 12.5. The quantitative estimate of drug-likeness (QED) is 0.214. The second-order valence-corrected chi connectivity index (χ2v) is 20.6. The lowest BCUT2D eigenvalue weighted by Crippen LogP contribution is -2.26. The van der Waals surface area contributed by atoms with Crippen molar-refractivity contribution in [2.75, 3.05) is 5.75 Å². The molecule has 2 aliphatic carbocycles. The number of thioether (sulfide) groups is 2. The minimum Gasteiger partial charge on any atom is -0.504 e. The Morgan fingerprint density at radius 1 is 0.648 bits per heavy atom. The number of aromatic hydroxyl groups is 1. The number of hydrogen-bond acceptors (Lipinski definition) is 6. The Balaban J connectivity index is 1.37. The van der Waals surface area contributed by atoms with Gasteiger partial charge in [-0.15, -0.1) is 0 Å². The van der Waals surface area contributed by atoms with Gasteiger partial charge in [0.1, 0.15) is 11.5 Å². The van der Waals surface area contributed by atoms with Crippen LogP contribution in [0.1, 0.15) is 131 Å². The third-order valence-corrected chi connectivity index (χ3v) is 15.0. The first-order valence-electron chi connectivity index (χ1n) is 20.1. The molecule has 3 aromatic carbocycles. The molecule has 0 amide bonds. The Kier molecular flexibility index (Phi) is 13.6. The first-order chi connectivity index (χ1) is 25.3. The van der Waals surface area contributed by atoms with Crippen LogP contribution in [0.15, 0.2) is 59.6 Å². The summed E-state index contributed by atoms with van der Waals surface area (Å²) < 4.78 is 12.9. The first-order valence-corrected chi connectivity index (χ1v) is 22.2. The fourth-order valence-corrected chi connectivity index (χ4v) is 10.6. The van der Waals surface area contributed by atoms with Gasteiger partial charge in [-0.25, -0.2) is 0 Å². The van der Waals surface area contributed by atoms with Crippen LogP contribution in [0.4, 0.5) is 0 Å². The largest absolute Gasteiger partial charge is 0.504 e. The fourth-order valence-electron chi connectivity index (χ4n) is 7.48. The van der Waals surface area contributed by atoms with Crippen molar-refractivity contribution < 1.29 is 19.7 Å². The molecule has 6 heteroatoms. The lowest BCUT2D eigenvalue weighted by atomic mass is 9.75. The van der Waals surface area contributed by atoms with E-state index < -0.39 is 0 Å². The summed E-state index contributed by atoms with van der Waals surface area (Å²) in [6.45, 7) is 26.2. The number of benzene rings is 3. The Labute approximate surface area is 335 Å². The zero-order chi connectivity index (χ0) is 39.5. The summed E-state index contributed by atoms with van der Waals surface area (Å²) in [7, 11) is 0. The molecule has 0 bridgehead atoms. The minimum absolute atomic E-state index is 0.0340. The number of aryl methyl sites for hydroxylation is 4. The Hall–Kier alpha value is -2.96. The molecule has 0 radical (unpaired) electrons. The molecule has 1 saturated carbocycles. The van der Waals surface area contributed by atoms with E-state index in [0.29, 0.717) is 27.8 Å². The molecule has 3 aromatic rings. The Morgan fingerprint density at radius 2 is 1.15 bits per heavy atom. The summed E-state index contributed by atoms with van der Waals surface area (Å²) in [6.07, 6.45) is 10.3. The van der Waals surface area contributed by atoms with E-state index in [1.807, 2.05) is 29.6 Å². The smallest absolute Gasteiger partial charge is 0.169 e. The molecular weight excluding hydrogens is 705 g/mol. The van der Waals surface area contributed by atoms with Crippen molar-refractivity contribution in [2.24, 2.45) is 11.3 Å². The standard InChI is InChI=1S/C48H66O4S2/c1-29-19-39(20-30(2)33(29)5)51-41-25-37(47(7,8)9)23-35(45(41)49)27-53-43-17-15-13-14-16-18-44(43)54-28-36-24-38(48(10,11)12)26-42(46(36)50)52-40-21-31(3)34(6)32(4)22-40/h19-23,25-26,38,43-44,49-50H,13-18,24,27-28H2,1-12H3. The lowest BCUT2D eigenvalue weighted by molar-refractivity contribution is 0.255. The van der Waals surface area contributed by atoms with Gasteiger partial charge in [-0.05, 0) is 158 Å². The monoisotopic (exact) mass is 770 g/mol. The van der Waals surface area contributed by atoms with E-state index in [0.717, 1.165) is 59.0 Å². The van der Waals surface area contributed by atoms with Gasteiger partial charge < -0.3 is 19.7 Å². The van der Waals surface area contributed by atoms with Crippen LogP contribution in [0.25, 0.3) is 0 Å². The molecular formula is C48H66O4S2. The first kappa shape index (κ1) is 42.2. The van der Waals surface area contributed by atoms with Crippen LogP contribution in [-0.4, -0.2) is 26.5 Å². The summed E-state index contributed by atoms with van der Waals surface area (Å²) >= 11 is 4.00. The normalized spacial score (nSPS) is 20.0. The van der Waals surface area contributed by atoms with Crippen molar-refractivity contribution in [3.05, 3.63) is 104 Å². The molecule has 0 aromatic heterocycles. The average Bonchev–Trinajstić information content (AvgIpc) is 3.07. The van der Waals surface area contributed by atoms with Crippen LogP contribution in [-0.2, 0) is 11.2 Å². The molecule has 1 fully saturated rings. The van der Waals surface area contributed by atoms with Gasteiger partial charge in [-0.1, -0.05) is 73.3 Å². The van der Waals surface area contributed by atoms with Crippen LogP contribution in [0.2, 0.25) is 0 Å². The molecule has 0 spiro atoms. The summed E-state index contributed by atoms with van der Waals surface area (Å²) in [5, 5.41) is 24.3. The predicted molar refractivity (Wildman–Crippen MR) is 233 cm³/mol. The number of aliphatic hydroxyl groups excluding tert-OH is 1. The molecule has 54 heavy (non-hydrogen) atoms. The third-order valence-electron chi connectivity index (χ3n) is 11.8. The van der Waals surface area contributed by atoms with Gasteiger partial charge in [0.05, 0.1) is 0 Å². The van der Waals surface area contributed by atoms with Gasteiger partial charge in [0.25, 0.3) is 0 Å². The van der Waals surface area contributed by atoms with E-state index in [-0.39, 0.29) is 22.5 Å². The van der Waals surface area contributed by atoms with E-state index in [1.165, 1.54) is 59.1 Å². The second-order valence-electron chi connectivity index (χ2n) is 18.2. The highest BCUT2D eigenvalue weighted by atomic mass is 32.2. The topological polar surface area (TPSA) is 58.9 Å². The van der Waals surface area contributed by atoms with Crippen molar-refractivity contribution in [1.29, 1.82) is 0 Å². The highest BCUT2D eigenvalue weighted by Gasteiger charge is 2.33. The number of hydrogen-bond donors (Lipinski definition) is 2. The Bertz CT molecular complexity index is 1830. The number of rotatable bonds is 10. The number of allylic oxidation sites excluding steroid dienone is 1. The van der Waals surface area contributed by atoms with Crippen molar-refractivity contribution in [3.63, 3.8) is 0 Å². The molecule has 2 N–H and O–H groups in total. The SMILES string of the molecule is Cc1cc(OC2=CC(C(C)(C)C)CC(CSC3CCCCCCC3SCc3cc(C(C)(C)C)cc(Oc4cc(C)c(C)c(C)c4)c3O)=C2O)cc(C)c1C. The van der Waals surface area contributed by atoms with E-state index in [2.05, 4.69) is 119 Å². The molecule has 5 rings (SSSR count). The van der Waals surface area contributed by atoms with Crippen LogP contribution in [0.3, 0.4) is 0 Å². The highest BCUT2D eigenvalue weighted by molar-refractivity contribution is 8.03. The summed E-state index contributed by atoms with van der Waals surface area (Å²) in [5.74, 6) is 4.97. The van der Waals surface area contributed by atoms with Gasteiger partial charge in [0, 0.05) is 27.6 Å². The van der Waals surface area contributed by atoms with Crippen molar-refractivity contribution >= 4 is 23.5 Å². The van der Waals surface area contributed by atoms with Gasteiger partial charge in [-0.2, -0.15) is 23.5 Å². The maximum absolute atomic E-state index is 11.7. The molecule has 294 valence electrons. The summed E-state index contributed by atoms with van der Waals surface area (Å²) in [4.78, 5) is 0. The number of phenols is 1. The Morgan fingerprint density at radius 3 is 1.65 bits per heavy atom. The molecule has 2 aliphatic rings.